The molecule has 0 aliphatic heterocycles. The van der Waals surface area contributed by atoms with Gasteiger partial charge in [-0.1, -0.05) is 30.7 Å². The van der Waals surface area contributed by atoms with E-state index in [1.807, 2.05) is 45.0 Å². The highest BCUT2D eigenvalue weighted by Crippen LogP contribution is 2.16. The van der Waals surface area contributed by atoms with E-state index in [2.05, 4.69) is 10.6 Å². The van der Waals surface area contributed by atoms with Crippen molar-refractivity contribution < 1.29 is 4.79 Å². The lowest BCUT2D eigenvalue weighted by Crippen LogP contribution is -2.34. The second-order valence-electron chi connectivity index (χ2n) is 4.50. The molecule has 1 aromatic rings. The quantitative estimate of drug-likeness (QED) is 0.833. The molecule has 0 bridgehead atoms. The topological polar surface area (TPSA) is 41.1 Å². The Morgan fingerprint density at radius 3 is 2.44 bits per heavy atom. The van der Waals surface area contributed by atoms with Crippen molar-refractivity contribution in [3.8, 4) is 0 Å². The first-order chi connectivity index (χ1) is 8.52. The molecule has 0 aliphatic rings. The van der Waals surface area contributed by atoms with E-state index in [9.17, 15) is 4.79 Å². The summed E-state index contributed by atoms with van der Waals surface area (Å²) >= 11 is 5.83. The summed E-state index contributed by atoms with van der Waals surface area (Å²) in [5.41, 5.74) is 1.06. The number of nitrogens with one attached hydrogen (secondary N) is 2. The lowest BCUT2D eigenvalue weighted by molar-refractivity contribution is -0.122. The summed E-state index contributed by atoms with van der Waals surface area (Å²) in [6.07, 6.45) is 0.492. The summed E-state index contributed by atoms with van der Waals surface area (Å²) in [6.45, 7) is 6.89. The van der Waals surface area contributed by atoms with Gasteiger partial charge in [-0.15, -0.1) is 0 Å². The molecule has 1 amide bonds. The number of rotatable bonds is 6. The van der Waals surface area contributed by atoms with Gasteiger partial charge < -0.3 is 10.6 Å². The molecule has 2 N–H and O–H groups in total. The van der Waals surface area contributed by atoms with Crippen LogP contribution in [0.2, 0.25) is 5.02 Å². The zero-order valence-corrected chi connectivity index (χ0v) is 11.9. The molecule has 2 atom stereocenters. The first-order valence-corrected chi connectivity index (χ1v) is 6.69. The number of amides is 1. The Hall–Kier alpha value is -1.06. The van der Waals surface area contributed by atoms with Crippen molar-refractivity contribution in [2.75, 3.05) is 6.54 Å². The van der Waals surface area contributed by atoms with E-state index in [1.54, 1.807) is 0 Å². The number of halogens is 1. The summed E-state index contributed by atoms with van der Waals surface area (Å²) in [5.74, 6) is 0.0610. The second-order valence-corrected chi connectivity index (χ2v) is 4.94. The molecule has 1 unspecified atom stereocenters. The fraction of sp³-hybridized carbons (Fsp3) is 0.500. The van der Waals surface area contributed by atoms with Gasteiger partial charge in [0, 0.05) is 17.5 Å². The largest absolute Gasteiger partial charge is 0.350 e. The molecule has 0 heterocycles. The van der Waals surface area contributed by atoms with E-state index in [0.29, 0.717) is 11.4 Å². The van der Waals surface area contributed by atoms with E-state index in [4.69, 9.17) is 11.6 Å². The minimum atomic E-state index is 0.00333. The van der Waals surface area contributed by atoms with Gasteiger partial charge in [-0.05, 0) is 38.1 Å². The normalized spacial score (nSPS) is 14.0. The van der Waals surface area contributed by atoms with Crippen LogP contribution in [0.5, 0.6) is 0 Å². The maximum atomic E-state index is 11.8. The van der Waals surface area contributed by atoms with Gasteiger partial charge in [-0.2, -0.15) is 0 Å². The van der Waals surface area contributed by atoms with Crippen LogP contribution in [-0.4, -0.2) is 18.5 Å². The van der Waals surface area contributed by atoms with Gasteiger partial charge in [-0.3, -0.25) is 4.79 Å². The van der Waals surface area contributed by atoms with Gasteiger partial charge >= 0.3 is 0 Å². The van der Waals surface area contributed by atoms with Crippen LogP contribution in [-0.2, 0) is 4.79 Å². The Balaban J connectivity index is 2.46. The zero-order valence-electron chi connectivity index (χ0n) is 11.2. The van der Waals surface area contributed by atoms with E-state index in [-0.39, 0.29) is 18.0 Å². The van der Waals surface area contributed by atoms with Crippen LogP contribution < -0.4 is 10.6 Å². The highest BCUT2D eigenvalue weighted by molar-refractivity contribution is 6.30. The van der Waals surface area contributed by atoms with Gasteiger partial charge in [0.2, 0.25) is 5.91 Å². The standard InChI is InChI=1S/C14H21ClN2O/c1-4-16-10(2)9-14(18)17-11(3)12-5-7-13(15)8-6-12/h5-8,10-11,16H,4,9H2,1-3H3,(H,17,18)/t10?,11-/m1/s1. The van der Waals surface area contributed by atoms with Crippen molar-refractivity contribution in [1.82, 2.24) is 10.6 Å². The number of carbonyl (C=O) groups is 1. The minimum Gasteiger partial charge on any atom is -0.350 e. The van der Waals surface area contributed by atoms with Gasteiger partial charge in [0.15, 0.2) is 0 Å². The maximum Gasteiger partial charge on any atom is 0.222 e. The SMILES string of the molecule is CCNC(C)CC(=O)N[C@H](C)c1ccc(Cl)cc1. The number of hydrogen-bond acceptors (Lipinski definition) is 2. The molecule has 0 fully saturated rings. The molecule has 100 valence electrons. The van der Waals surface area contributed by atoms with E-state index in [0.717, 1.165) is 12.1 Å². The molecular formula is C14H21ClN2O. The molecule has 4 heteroatoms. The summed E-state index contributed by atoms with van der Waals surface area (Å²) in [5, 5.41) is 6.91. The third-order valence-corrected chi connectivity index (χ3v) is 3.04. The van der Waals surface area contributed by atoms with Gasteiger partial charge in [0.1, 0.15) is 0 Å². The number of benzene rings is 1. The monoisotopic (exact) mass is 268 g/mol. The fourth-order valence-electron chi connectivity index (χ4n) is 1.83. The molecular weight excluding hydrogens is 248 g/mol. The van der Waals surface area contributed by atoms with E-state index < -0.39 is 0 Å². The minimum absolute atomic E-state index is 0.00333. The molecule has 0 saturated heterocycles. The summed E-state index contributed by atoms with van der Waals surface area (Å²) in [4.78, 5) is 11.8. The van der Waals surface area contributed by atoms with Crippen LogP contribution in [0.3, 0.4) is 0 Å². The molecule has 1 rings (SSSR count). The predicted octanol–water partition coefficient (Wildman–Crippen LogP) is 2.91. The molecule has 0 saturated carbocycles. The third-order valence-electron chi connectivity index (χ3n) is 2.79. The Bertz CT molecular complexity index is 378. The number of hydrogen-bond donors (Lipinski definition) is 2. The molecule has 0 aromatic heterocycles. The predicted molar refractivity (Wildman–Crippen MR) is 75.8 cm³/mol. The Kier molecular flexibility index (Phi) is 6.16. The molecule has 3 nitrogen and oxygen atoms in total. The molecule has 0 radical (unpaired) electrons. The summed E-state index contributed by atoms with van der Waals surface area (Å²) in [6, 6.07) is 7.74. The van der Waals surface area contributed by atoms with Crippen LogP contribution in [0.25, 0.3) is 0 Å². The summed E-state index contributed by atoms with van der Waals surface area (Å²) in [7, 11) is 0. The Labute approximate surface area is 114 Å². The summed E-state index contributed by atoms with van der Waals surface area (Å²) < 4.78 is 0. The van der Waals surface area contributed by atoms with Crippen molar-refractivity contribution in [2.24, 2.45) is 0 Å². The average Bonchev–Trinajstić information content (AvgIpc) is 2.29. The van der Waals surface area contributed by atoms with Gasteiger partial charge in [0.25, 0.3) is 0 Å². The molecule has 0 aliphatic carbocycles. The smallest absolute Gasteiger partial charge is 0.222 e. The highest BCUT2D eigenvalue weighted by atomic mass is 35.5. The molecule has 18 heavy (non-hydrogen) atoms. The van der Waals surface area contributed by atoms with Crippen LogP contribution >= 0.6 is 11.6 Å². The average molecular weight is 269 g/mol. The van der Waals surface area contributed by atoms with E-state index in [1.165, 1.54) is 0 Å². The van der Waals surface area contributed by atoms with Crippen LogP contribution in [0.15, 0.2) is 24.3 Å². The van der Waals surface area contributed by atoms with Crippen LogP contribution in [0.1, 0.15) is 38.8 Å². The van der Waals surface area contributed by atoms with Crippen molar-refractivity contribution in [1.29, 1.82) is 0 Å². The third kappa shape index (κ3) is 5.07. The Morgan fingerprint density at radius 2 is 1.89 bits per heavy atom. The molecule has 0 spiro atoms. The first kappa shape index (κ1) is 15.0. The van der Waals surface area contributed by atoms with Crippen molar-refractivity contribution >= 4 is 17.5 Å². The van der Waals surface area contributed by atoms with Gasteiger partial charge in [-0.25, -0.2) is 0 Å². The first-order valence-electron chi connectivity index (χ1n) is 6.31. The van der Waals surface area contributed by atoms with Crippen LogP contribution in [0.4, 0.5) is 0 Å². The molecule has 1 aromatic carbocycles. The van der Waals surface area contributed by atoms with Crippen molar-refractivity contribution in [3.63, 3.8) is 0 Å². The lowest BCUT2D eigenvalue weighted by Gasteiger charge is -2.17. The zero-order chi connectivity index (χ0) is 13.5. The lowest BCUT2D eigenvalue weighted by atomic mass is 10.1. The van der Waals surface area contributed by atoms with Crippen molar-refractivity contribution in [2.45, 2.75) is 39.3 Å². The Morgan fingerprint density at radius 1 is 1.28 bits per heavy atom. The maximum absolute atomic E-state index is 11.8. The fourth-order valence-corrected chi connectivity index (χ4v) is 1.96. The van der Waals surface area contributed by atoms with Crippen molar-refractivity contribution in [3.05, 3.63) is 34.9 Å². The highest BCUT2D eigenvalue weighted by Gasteiger charge is 2.12. The van der Waals surface area contributed by atoms with Crippen LogP contribution in [0, 0.1) is 0 Å². The second kappa shape index (κ2) is 7.39. The van der Waals surface area contributed by atoms with E-state index >= 15 is 0 Å². The number of carbonyl (C=O) groups excluding carboxylic acids is 1. The van der Waals surface area contributed by atoms with Gasteiger partial charge in [0.05, 0.1) is 6.04 Å².